The molecule has 0 saturated carbocycles. The van der Waals surface area contributed by atoms with Crippen LogP contribution in [0.5, 0.6) is 0 Å². The molecule has 4 rings (SSSR count). The quantitative estimate of drug-likeness (QED) is 0.774. The van der Waals surface area contributed by atoms with Crippen LogP contribution >= 0.6 is 11.6 Å². The SMILES string of the molecule is Clc1ccc2nc(CN3CCNCC3c3cn[nH]c3)cn2c1. The Morgan fingerprint density at radius 1 is 1.32 bits per heavy atom. The number of rotatable bonds is 3. The third-order valence-corrected chi connectivity index (χ3v) is 4.31. The molecule has 2 N–H and O–H groups in total. The van der Waals surface area contributed by atoms with Gasteiger partial charge in [0.2, 0.25) is 0 Å². The average Bonchev–Trinajstić information content (AvgIpc) is 3.16. The largest absolute Gasteiger partial charge is 0.314 e. The molecule has 3 aromatic heterocycles. The second-order valence-electron chi connectivity index (χ2n) is 5.57. The number of pyridine rings is 1. The van der Waals surface area contributed by atoms with E-state index in [9.17, 15) is 0 Å². The maximum absolute atomic E-state index is 6.03. The predicted molar refractivity (Wildman–Crippen MR) is 84.8 cm³/mol. The minimum Gasteiger partial charge on any atom is -0.314 e. The molecule has 0 aromatic carbocycles. The molecule has 7 heteroatoms. The van der Waals surface area contributed by atoms with Crippen molar-refractivity contribution in [1.29, 1.82) is 0 Å². The molecule has 0 radical (unpaired) electrons. The summed E-state index contributed by atoms with van der Waals surface area (Å²) in [6.07, 6.45) is 7.80. The standard InChI is InChI=1S/C15H17ClN6/c16-12-1-2-15-20-13(10-22(15)8-12)9-21-4-3-17-7-14(21)11-5-18-19-6-11/h1-2,5-6,8,10,14,17H,3-4,7,9H2,(H,18,19). The highest BCUT2D eigenvalue weighted by Crippen LogP contribution is 2.23. The summed E-state index contributed by atoms with van der Waals surface area (Å²) in [4.78, 5) is 7.12. The van der Waals surface area contributed by atoms with Gasteiger partial charge in [-0.05, 0) is 12.1 Å². The Labute approximate surface area is 133 Å². The zero-order valence-corrected chi connectivity index (χ0v) is 12.8. The Morgan fingerprint density at radius 3 is 3.14 bits per heavy atom. The van der Waals surface area contributed by atoms with Gasteiger partial charge in [-0.1, -0.05) is 11.6 Å². The summed E-state index contributed by atoms with van der Waals surface area (Å²) in [7, 11) is 0. The van der Waals surface area contributed by atoms with Crippen molar-refractivity contribution >= 4 is 17.2 Å². The van der Waals surface area contributed by atoms with Crippen LogP contribution in [0.2, 0.25) is 5.02 Å². The van der Waals surface area contributed by atoms with Crippen molar-refractivity contribution in [2.75, 3.05) is 19.6 Å². The highest BCUT2D eigenvalue weighted by atomic mass is 35.5. The van der Waals surface area contributed by atoms with E-state index in [0.29, 0.717) is 6.04 Å². The van der Waals surface area contributed by atoms with Gasteiger partial charge in [0.1, 0.15) is 5.65 Å². The number of hydrogen-bond donors (Lipinski definition) is 2. The maximum atomic E-state index is 6.03. The molecule has 6 nitrogen and oxygen atoms in total. The summed E-state index contributed by atoms with van der Waals surface area (Å²) in [5.41, 5.74) is 3.19. The van der Waals surface area contributed by atoms with Crippen molar-refractivity contribution in [2.45, 2.75) is 12.6 Å². The number of hydrogen-bond acceptors (Lipinski definition) is 4. The Kier molecular flexibility index (Phi) is 3.57. The first-order valence-electron chi connectivity index (χ1n) is 7.36. The molecular weight excluding hydrogens is 300 g/mol. The van der Waals surface area contributed by atoms with E-state index >= 15 is 0 Å². The molecular formula is C15H17ClN6. The second kappa shape index (κ2) is 5.72. The summed E-state index contributed by atoms with van der Waals surface area (Å²) >= 11 is 6.03. The van der Waals surface area contributed by atoms with Crippen LogP contribution in [0.25, 0.3) is 5.65 Å². The number of imidazole rings is 1. The van der Waals surface area contributed by atoms with Gasteiger partial charge in [0.25, 0.3) is 0 Å². The van der Waals surface area contributed by atoms with Gasteiger partial charge >= 0.3 is 0 Å². The van der Waals surface area contributed by atoms with Gasteiger partial charge in [-0.25, -0.2) is 4.98 Å². The van der Waals surface area contributed by atoms with Gasteiger partial charge in [-0.3, -0.25) is 10.00 Å². The fourth-order valence-corrected chi connectivity index (χ4v) is 3.18. The first-order valence-corrected chi connectivity index (χ1v) is 7.74. The van der Waals surface area contributed by atoms with Crippen molar-refractivity contribution in [3.8, 4) is 0 Å². The van der Waals surface area contributed by atoms with E-state index in [1.807, 2.05) is 35.1 Å². The van der Waals surface area contributed by atoms with Crippen molar-refractivity contribution in [1.82, 2.24) is 29.8 Å². The van der Waals surface area contributed by atoms with Gasteiger partial charge < -0.3 is 9.72 Å². The van der Waals surface area contributed by atoms with E-state index < -0.39 is 0 Å². The zero-order chi connectivity index (χ0) is 14.9. The van der Waals surface area contributed by atoms with Crippen LogP contribution in [-0.2, 0) is 6.54 Å². The Balaban J connectivity index is 1.59. The van der Waals surface area contributed by atoms with Crippen LogP contribution in [0.1, 0.15) is 17.3 Å². The molecule has 3 aromatic rings. The van der Waals surface area contributed by atoms with Crippen LogP contribution in [0.3, 0.4) is 0 Å². The molecule has 22 heavy (non-hydrogen) atoms. The Hall–Kier alpha value is -1.89. The fraction of sp³-hybridized carbons (Fsp3) is 0.333. The van der Waals surface area contributed by atoms with E-state index in [2.05, 4.69) is 31.6 Å². The normalized spacial score (nSPS) is 19.8. The molecule has 1 fully saturated rings. The van der Waals surface area contributed by atoms with Gasteiger partial charge in [0.05, 0.1) is 23.0 Å². The molecule has 1 atom stereocenters. The Morgan fingerprint density at radius 2 is 2.27 bits per heavy atom. The van der Waals surface area contributed by atoms with Crippen molar-refractivity contribution in [3.63, 3.8) is 0 Å². The predicted octanol–water partition coefficient (Wildman–Crippen LogP) is 1.86. The molecule has 0 aliphatic carbocycles. The van der Waals surface area contributed by atoms with E-state index in [0.717, 1.165) is 42.5 Å². The van der Waals surface area contributed by atoms with Gasteiger partial charge in [0.15, 0.2) is 0 Å². The van der Waals surface area contributed by atoms with Crippen LogP contribution in [0.4, 0.5) is 0 Å². The number of halogens is 1. The lowest BCUT2D eigenvalue weighted by Gasteiger charge is -2.35. The molecule has 1 saturated heterocycles. The average molecular weight is 317 g/mol. The minimum absolute atomic E-state index is 0.320. The highest BCUT2D eigenvalue weighted by molar-refractivity contribution is 6.30. The Bertz CT molecular complexity index is 766. The molecule has 1 unspecified atom stereocenters. The lowest BCUT2D eigenvalue weighted by atomic mass is 10.1. The first kappa shape index (κ1) is 13.8. The van der Waals surface area contributed by atoms with Gasteiger partial charge in [0, 0.05) is 50.3 Å². The van der Waals surface area contributed by atoms with Crippen LogP contribution in [-0.4, -0.2) is 44.1 Å². The summed E-state index contributed by atoms with van der Waals surface area (Å²) in [5, 5.41) is 11.1. The molecule has 114 valence electrons. The van der Waals surface area contributed by atoms with Crippen molar-refractivity contribution < 1.29 is 0 Å². The number of piperazine rings is 1. The number of fused-ring (bicyclic) bond motifs is 1. The summed E-state index contributed by atoms with van der Waals surface area (Å²) in [6, 6.07) is 4.13. The smallest absolute Gasteiger partial charge is 0.137 e. The van der Waals surface area contributed by atoms with Crippen molar-refractivity contribution in [3.05, 3.63) is 53.2 Å². The molecule has 0 amide bonds. The molecule has 4 heterocycles. The van der Waals surface area contributed by atoms with Crippen LogP contribution in [0, 0.1) is 0 Å². The molecule has 1 aliphatic heterocycles. The number of aromatic amines is 1. The van der Waals surface area contributed by atoms with E-state index in [4.69, 9.17) is 11.6 Å². The summed E-state index contributed by atoms with van der Waals surface area (Å²) < 4.78 is 1.98. The monoisotopic (exact) mass is 316 g/mol. The number of H-pyrrole nitrogens is 1. The van der Waals surface area contributed by atoms with Gasteiger partial charge in [-0.2, -0.15) is 5.10 Å². The highest BCUT2D eigenvalue weighted by Gasteiger charge is 2.25. The first-order chi connectivity index (χ1) is 10.8. The lowest BCUT2D eigenvalue weighted by Crippen LogP contribution is -2.45. The van der Waals surface area contributed by atoms with Gasteiger partial charge in [-0.15, -0.1) is 0 Å². The van der Waals surface area contributed by atoms with Crippen LogP contribution < -0.4 is 5.32 Å². The third kappa shape index (κ3) is 2.61. The summed E-state index contributed by atoms with van der Waals surface area (Å²) in [6.45, 7) is 3.73. The number of nitrogens with zero attached hydrogens (tertiary/aromatic N) is 4. The van der Waals surface area contributed by atoms with E-state index in [-0.39, 0.29) is 0 Å². The molecule has 0 bridgehead atoms. The molecule has 0 spiro atoms. The maximum Gasteiger partial charge on any atom is 0.137 e. The lowest BCUT2D eigenvalue weighted by molar-refractivity contribution is 0.152. The summed E-state index contributed by atoms with van der Waals surface area (Å²) in [5.74, 6) is 0. The molecule has 1 aliphatic rings. The van der Waals surface area contributed by atoms with E-state index in [1.165, 1.54) is 5.56 Å². The van der Waals surface area contributed by atoms with E-state index in [1.54, 1.807) is 0 Å². The zero-order valence-electron chi connectivity index (χ0n) is 12.0. The van der Waals surface area contributed by atoms with Crippen molar-refractivity contribution in [2.24, 2.45) is 0 Å². The topological polar surface area (TPSA) is 61.2 Å². The number of aromatic nitrogens is 4. The van der Waals surface area contributed by atoms with Crippen LogP contribution in [0.15, 0.2) is 36.9 Å². The minimum atomic E-state index is 0.320. The fourth-order valence-electron chi connectivity index (χ4n) is 3.01. The number of nitrogens with one attached hydrogen (secondary N) is 2. The second-order valence-corrected chi connectivity index (χ2v) is 6.00. The third-order valence-electron chi connectivity index (χ3n) is 4.09.